The molecule has 1 N–H and O–H groups in total. The van der Waals surface area contributed by atoms with Crippen molar-refractivity contribution in [1.29, 1.82) is 0 Å². The van der Waals surface area contributed by atoms with Gasteiger partial charge in [-0.3, -0.25) is 43.2 Å². The van der Waals surface area contributed by atoms with Crippen molar-refractivity contribution in [2.75, 3.05) is 13.2 Å². The number of rotatable bonds is 15. The van der Waals surface area contributed by atoms with Crippen molar-refractivity contribution in [3.05, 3.63) is 0 Å². The first-order chi connectivity index (χ1) is 28.0. The van der Waals surface area contributed by atoms with Gasteiger partial charge in [0.1, 0.15) is 31.5 Å². The highest BCUT2D eigenvalue weighted by molar-refractivity contribution is 5.70. The fourth-order valence-corrected chi connectivity index (χ4v) is 6.55. The summed E-state index contributed by atoms with van der Waals surface area (Å²) in [4.78, 5) is 111. The molecule has 3 aliphatic heterocycles. The number of hydrogen-bond donors (Lipinski definition) is 1. The first-order valence-electron chi connectivity index (χ1n) is 18.4. The molecule has 0 bridgehead atoms. The van der Waals surface area contributed by atoms with E-state index in [1.807, 2.05) is 0 Å². The Morgan fingerprint density at radius 3 is 1.17 bits per heavy atom. The van der Waals surface area contributed by atoms with Gasteiger partial charge < -0.3 is 71.4 Å². The van der Waals surface area contributed by atoms with Crippen LogP contribution in [0.3, 0.4) is 0 Å². The molecule has 3 aliphatic rings. The topological polar surface area (TPSA) is 303 Å². The summed E-state index contributed by atoms with van der Waals surface area (Å²) < 4.78 is 79.1. The molecule has 0 aromatic heterocycles. The van der Waals surface area contributed by atoms with E-state index in [2.05, 4.69) is 0 Å². The van der Waals surface area contributed by atoms with Gasteiger partial charge in [-0.15, -0.1) is 0 Å². The third-order valence-corrected chi connectivity index (χ3v) is 8.53. The Kier molecular flexibility index (Phi) is 18.1. The Balaban J connectivity index is 2.31. The summed E-state index contributed by atoms with van der Waals surface area (Å²) in [6.07, 6.45) is -26.0. The average molecular weight is 867 g/mol. The van der Waals surface area contributed by atoms with Crippen LogP contribution < -0.4 is 0 Å². The Morgan fingerprint density at radius 2 is 0.717 bits per heavy atom. The molecule has 0 spiro atoms. The van der Waals surface area contributed by atoms with Crippen molar-refractivity contribution in [1.82, 2.24) is 0 Å². The molecule has 15 atom stereocenters. The van der Waals surface area contributed by atoms with Crippen LogP contribution in [0.2, 0.25) is 0 Å². The number of carbonyl (C=O) groups excluding carboxylic acids is 9. The molecule has 24 nitrogen and oxygen atoms in total. The molecule has 0 aliphatic carbocycles. The normalized spacial score (nSPS) is 33.8. The molecular weight excluding hydrogens is 816 g/mol. The van der Waals surface area contributed by atoms with Gasteiger partial charge in [0.05, 0.1) is 6.10 Å². The predicted octanol–water partition coefficient (Wildman–Crippen LogP) is -1.41. The molecule has 60 heavy (non-hydrogen) atoms. The van der Waals surface area contributed by atoms with Crippen LogP contribution in [0, 0.1) is 0 Å². The summed E-state index contributed by atoms with van der Waals surface area (Å²) >= 11 is 0. The van der Waals surface area contributed by atoms with Crippen molar-refractivity contribution in [3.63, 3.8) is 0 Å². The lowest BCUT2D eigenvalue weighted by atomic mass is 9.95. The third kappa shape index (κ3) is 14.0. The van der Waals surface area contributed by atoms with Crippen LogP contribution in [0.1, 0.15) is 69.2 Å². The number of hydrogen-bond acceptors (Lipinski definition) is 24. The Morgan fingerprint density at radius 1 is 0.383 bits per heavy atom. The van der Waals surface area contributed by atoms with E-state index in [-0.39, 0.29) is 0 Å². The van der Waals surface area contributed by atoms with Gasteiger partial charge in [0.15, 0.2) is 67.7 Å². The summed E-state index contributed by atoms with van der Waals surface area (Å²) in [6, 6.07) is 0. The summed E-state index contributed by atoms with van der Waals surface area (Å²) in [6.45, 7) is 9.13. The molecule has 3 heterocycles. The zero-order valence-electron chi connectivity index (χ0n) is 34.4. The van der Waals surface area contributed by atoms with Crippen molar-refractivity contribution in [3.8, 4) is 0 Å². The van der Waals surface area contributed by atoms with E-state index in [0.717, 1.165) is 62.3 Å². The number of aliphatic hydroxyl groups excluding tert-OH is 1. The maximum atomic E-state index is 12.8. The number of esters is 9. The highest BCUT2D eigenvalue weighted by Gasteiger charge is 2.59. The lowest BCUT2D eigenvalue weighted by molar-refractivity contribution is -0.386. The SMILES string of the molecule is CC(=O)OC[C@H]1O[C@@H](O)[C@H](OC(C)=O)[C@@H](O[C@@H]2O[C@H](COC(C)=O)[C@H](OC(C)=O)[C@H](OC(C)=O)[C@H]2O[C@@H]2O[C@@H](C)[C@@H](OC(C)=O)[C@@H](OC(C)=O)[C@@H]2OC(C)=O)[C@H]1OC(C)=O. The van der Waals surface area contributed by atoms with Gasteiger partial charge in [0.2, 0.25) is 0 Å². The fraction of sp³-hybridized carbons (Fsp3) is 0.750. The molecule has 24 heteroatoms. The molecule has 3 fully saturated rings. The molecule has 0 radical (unpaired) electrons. The van der Waals surface area contributed by atoms with Crippen molar-refractivity contribution < 1.29 is 115 Å². The van der Waals surface area contributed by atoms with Crippen molar-refractivity contribution in [2.45, 2.75) is 161 Å². The van der Waals surface area contributed by atoms with Crippen LogP contribution in [0.5, 0.6) is 0 Å². The standard InChI is InChI=1S/C36H50O24/c1-13-25(50-16(4)39)28(53-19(7)42)32(56-22(10)45)35(49-13)60-33-30(54-20(8)43)27(52-18(6)41)24(12-48-15(3)38)58-36(33)59-29-26(51-17(5)40)23(11-47-14(2)37)57-34(46)31(29)55-21(9)44/h13,23-36,46H,11-12H2,1-10H3/t13-,23+,24+,25+,26-,27-,28+,29-,30-,31+,32-,33+,34+,35-,36-/m0/s1. The molecule has 3 saturated heterocycles. The van der Waals surface area contributed by atoms with Crippen LogP contribution in [-0.2, 0) is 109 Å². The highest BCUT2D eigenvalue weighted by Crippen LogP contribution is 2.38. The van der Waals surface area contributed by atoms with E-state index in [1.165, 1.54) is 6.92 Å². The minimum atomic E-state index is -2.07. The minimum Gasteiger partial charge on any atom is -0.463 e. The van der Waals surface area contributed by atoms with E-state index in [0.29, 0.717) is 0 Å². The van der Waals surface area contributed by atoms with Crippen LogP contribution in [0.4, 0.5) is 0 Å². The second-order valence-electron chi connectivity index (χ2n) is 13.6. The number of aliphatic hydroxyl groups is 1. The number of carbonyl (C=O) groups is 9. The largest absolute Gasteiger partial charge is 0.463 e. The Bertz CT molecular complexity index is 1600. The zero-order chi connectivity index (χ0) is 45.2. The maximum absolute atomic E-state index is 12.8. The molecule has 3 rings (SSSR count). The summed E-state index contributed by atoms with van der Waals surface area (Å²) in [5.41, 5.74) is 0. The second kappa shape index (κ2) is 22.0. The monoisotopic (exact) mass is 866 g/mol. The third-order valence-electron chi connectivity index (χ3n) is 8.53. The van der Waals surface area contributed by atoms with Gasteiger partial charge >= 0.3 is 53.7 Å². The van der Waals surface area contributed by atoms with E-state index in [1.54, 1.807) is 0 Å². The zero-order valence-corrected chi connectivity index (χ0v) is 34.4. The average Bonchev–Trinajstić information content (AvgIpc) is 3.10. The summed E-state index contributed by atoms with van der Waals surface area (Å²) in [5, 5.41) is 11.1. The lowest BCUT2D eigenvalue weighted by Crippen LogP contribution is -2.68. The molecule has 0 aromatic carbocycles. The van der Waals surface area contributed by atoms with Gasteiger partial charge in [-0.2, -0.15) is 0 Å². The highest BCUT2D eigenvalue weighted by atomic mass is 16.8. The molecule has 0 aromatic rings. The van der Waals surface area contributed by atoms with E-state index < -0.39 is 159 Å². The van der Waals surface area contributed by atoms with Gasteiger partial charge in [-0.05, 0) is 6.92 Å². The fourth-order valence-electron chi connectivity index (χ4n) is 6.55. The molecular formula is C36H50O24. The quantitative estimate of drug-likeness (QED) is 0.146. The molecule has 0 saturated carbocycles. The van der Waals surface area contributed by atoms with Crippen molar-refractivity contribution >= 4 is 53.7 Å². The minimum absolute atomic E-state index is 0.652. The van der Waals surface area contributed by atoms with E-state index in [9.17, 15) is 48.3 Å². The Hall–Kier alpha value is -5.01. The van der Waals surface area contributed by atoms with Gasteiger partial charge in [0, 0.05) is 62.3 Å². The van der Waals surface area contributed by atoms with E-state index in [4.69, 9.17) is 66.3 Å². The van der Waals surface area contributed by atoms with Gasteiger partial charge in [0.25, 0.3) is 0 Å². The van der Waals surface area contributed by atoms with Gasteiger partial charge in [-0.1, -0.05) is 0 Å². The van der Waals surface area contributed by atoms with E-state index >= 15 is 0 Å². The molecule has 0 unspecified atom stereocenters. The number of ether oxygens (including phenoxy) is 14. The lowest BCUT2D eigenvalue weighted by Gasteiger charge is -2.50. The molecule has 0 amide bonds. The van der Waals surface area contributed by atoms with Crippen molar-refractivity contribution in [2.24, 2.45) is 0 Å². The smallest absolute Gasteiger partial charge is 0.303 e. The van der Waals surface area contributed by atoms with Crippen LogP contribution in [-0.4, -0.2) is 164 Å². The first-order valence-corrected chi connectivity index (χ1v) is 18.4. The predicted molar refractivity (Wildman–Crippen MR) is 186 cm³/mol. The summed E-state index contributed by atoms with van der Waals surface area (Å²) in [7, 11) is 0. The maximum Gasteiger partial charge on any atom is 0.303 e. The second-order valence-corrected chi connectivity index (χ2v) is 13.6. The van der Waals surface area contributed by atoms with Crippen LogP contribution in [0.25, 0.3) is 0 Å². The van der Waals surface area contributed by atoms with Gasteiger partial charge in [-0.25, -0.2) is 0 Å². The summed E-state index contributed by atoms with van der Waals surface area (Å²) in [5.74, 6) is -8.31. The van der Waals surface area contributed by atoms with Crippen LogP contribution >= 0.6 is 0 Å². The molecule has 338 valence electrons. The first kappa shape index (κ1) is 49.4. The van der Waals surface area contributed by atoms with Crippen LogP contribution in [0.15, 0.2) is 0 Å². The Labute approximate surface area is 342 Å².